The number of primary amides is 1. The van der Waals surface area contributed by atoms with Crippen LogP contribution in [0.15, 0.2) is 11.6 Å². The molecule has 0 aromatic heterocycles. The van der Waals surface area contributed by atoms with Crippen molar-refractivity contribution in [3.63, 3.8) is 0 Å². The first kappa shape index (κ1) is 10.3. The van der Waals surface area contributed by atoms with Gasteiger partial charge in [0, 0.05) is 25.6 Å². The van der Waals surface area contributed by atoms with Crippen LogP contribution in [0.5, 0.6) is 0 Å². The summed E-state index contributed by atoms with van der Waals surface area (Å²) in [5.74, 6) is -0.218. The zero-order valence-corrected chi connectivity index (χ0v) is 8.42. The lowest BCUT2D eigenvalue weighted by Crippen LogP contribution is -2.35. The monoisotopic (exact) mass is 182 g/mol. The normalized spacial score (nSPS) is 18.8. The lowest BCUT2D eigenvalue weighted by Gasteiger charge is -2.29. The number of carbonyl (C=O) groups excluding carboxylic acids is 1. The number of nitrogens with zero attached hydrogens (tertiary/aromatic N) is 1. The van der Waals surface area contributed by atoms with Gasteiger partial charge in [0.15, 0.2) is 0 Å². The number of hydrogen-bond acceptors (Lipinski definition) is 2. The quantitative estimate of drug-likeness (QED) is 0.659. The van der Waals surface area contributed by atoms with Crippen molar-refractivity contribution < 1.29 is 4.79 Å². The first-order chi connectivity index (χ1) is 6.09. The summed E-state index contributed by atoms with van der Waals surface area (Å²) in [5, 5.41) is 0. The van der Waals surface area contributed by atoms with Gasteiger partial charge in [-0.1, -0.05) is 11.6 Å². The Bertz CT molecular complexity index is 221. The molecular formula is C10H18N2O. The van der Waals surface area contributed by atoms with Gasteiger partial charge in [-0.05, 0) is 20.3 Å². The molecule has 0 aromatic rings. The molecule has 2 N–H and O–H groups in total. The maximum absolute atomic E-state index is 10.7. The summed E-state index contributed by atoms with van der Waals surface area (Å²) >= 11 is 0. The molecule has 74 valence electrons. The zero-order valence-electron chi connectivity index (χ0n) is 8.42. The highest BCUT2D eigenvalue weighted by atomic mass is 16.1. The number of carbonyl (C=O) groups is 1. The summed E-state index contributed by atoms with van der Waals surface area (Å²) in [5.41, 5.74) is 6.32. The minimum absolute atomic E-state index is 0.218. The van der Waals surface area contributed by atoms with Gasteiger partial charge in [-0.2, -0.15) is 0 Å². The molecule has 0 saturated heterocycles. The van der Waals surface area contributed by atoms with Crippen LogP contribution in [-0.2, 0) is 4.79 Å². The van der Waals surface area contributed by atoms with Gasteiger partial charge in [-0.25, -0.2) is 0 Å². The Hall–Kier alpha value is -0.830. The van der Waals surface area contributed by atoms with Crippen LogP contribution in [0.1, 0.15) is 26.7 Å². The molecule has 1 amide bonds. The van der Waals surface area contributed by atoms with Crippen LogP contribution in [-0.4, -0.2) is 29.9 Å². The van der Waals surface area contributed by atoms with Crippen LogP contribution < -0.4 is 5.73 Å². The first-order valence-corrected chi connectivity index (χ1v) is 4.80. The predicted molar refractivity (Wildman–Crippen MR) is 53.2 cm³/mol. The summed E-state index contributed by atoms with van der Waals surface area (Å²) in [6.07, 6.45) is 3.56. The fraction of sp³-hybridized carbons (Fsp3) is 0.700. The van der Waals surface area contributed by atoms with Crippen molar-refractivity contribution in [1.82, 2.24) is 4.90 Å². The maximum Gasteiger partial charge on any atom is 0.221 e. The van der Waals surface area contributed by atoms with Crippen LogP contribution in [0.4, 0.5) is 0 Å². The Labute approximate surface area is 79.6 Å². The number of amides is 1. The second-order valence-corrected chi connectivity index (χ2v) is 3.84. The smallest absolute Gasteiger partial charge is 0.221 e. The van der Waals surface area contributed by atoms with Crippen molar-refractivity contribution in [1.29, 1.82) is 0 Å². The van der Waals surface area contributed by atoms with Crippen molar-refractivity contribution in [3.05, 3.63) is 11.6 Å². The van der Waals surface area contributed by atoms with Crippen molar-refractivity contribution in [3.8, 4) is 0 Å². The van der Waals surface area contributed by atoms with Crippen molar-refractivity contribution in [2.45, 2.75) is 32.7 Å². The Balaban J connectivity index is 2.43. The van der Waals surface area contributed by atoms with Gasteiger partial charge < -0.3 is 5.73 Å². The lowest BCUT2D eigenvalue weighted by molar-refractivity contribution is -0.117. The summed E-state index contributed by atoms with van der Waals surface area (Å²) in [6.45, 7) is 6.39. The van der Waals surface area contributed by atoms with E-state index in [-0.39, 0.29) is 5.91 Å². The van der Waals surface area contributed by atoms with E-state index in [0.29, 0.717) is 12.5 Å². The lowest BCUT2D eigenvalue weighted by atomic mass is 10.0. The van der Waals surface area contributed by atoms with E-state index < -0.39 is 0 Å². The minimum atomic E-state index is -0.218. The number of rotatable bonds is 3. The molecule has 3 nitrogen and oxygen atoms in total. The van der Waals surface area contributed by atoms with Crippen LogP contribution >= 0.6 is 0 Å². The molecule has 0 aliphatic carbocycles. The van der Waals surface area contributed by atoms with E-state index in [1.165, 1.54) is 5.57 Å². The third kappa shape index (κ3) is 3.19. The molecule has 1 aliphatic heterocycles. The second kappa shape index (κ2) is 4.42. The van der Waals surface area contributed by atoms with E-state index in [4.69, 9.17) is 5.73 Å². The van der Waals surface area contributed by atoms with Gasteiger partial charge in [-0.3, -0.25) is 9.69 Å². The predicted octanol–water partition coefficient (Wildman–Crippen LogP) is 0.902. The van der Waals surface area contributed by atoms with E-state index in [1.807, 2.05) is 0 Å². The molecule has 0 aromatic carbocycles. The zero-order chi connectivity index (χ0) is 9.84. The molecule has 1 rings (SSSR count). The Morgan fingerprint density at radius 2 is 2.38 bits per heavy atom. The van der Waals surface area contributed by atoms with Crippen LogP contribution in [0.25, 0.3) is 0 Å². The molecule has 0 atom stereocenters. The molecule has 0 saturated carbocycles. The largest absolute Gasteiger partial charge is 0.369 e. The van der Waals surface area contributed by atoms with Gasteiger partial charge in [0.2, 0.25) is 5.91 Å². The Morgan fingerprint density at radius 1 is 1.69 bits per heavy atom. The molecule has 13 heavy (non-hydrogen) atoms. The molecule has 0 spiro atoms. The fourth-order valence-corrected chi connectivity index (χ4v) is 1.58. The third-order valence-corrected chi connectivity index (χ3v) is 2.47. The third-order valence-electron chi connectivity index (χ3n) is 2.47. The minimum Gasteiger partial charge on any atom is -0.369 e. The highest BCUT2D eigenvalue weighted by Crippen LogP contribution is 2.15. The molecular weight excluding hydrogens is 164 g/mol. The highest BCUT2D eigenvalue weighted by molar-refractivity contribution is 5.76. The maximum atomic E-state index is 10.7. The van der Waals surface area contributed by atoms with Crippen LogP contribution in [0.2, 0.25) is 0 Å². The van der Waals surface area contributed by atoms with Gasteiger partial charge in [-0.15, -0.1) is 0 Å². The Morgan fingerprint density at radius 3 is 2.77 bits per heavy atom. The SMILES string of the molecule is CC(C)N1CC=C(CC(N)=O)CC1. The van der Waals surface area contributed by atoms with Gasteiger partial charge >= 0.3 is 0 Å². The van der Waals surface area contributed by atoms with Crippen molar-refractivity contribution in [2.24, 2.45) is 5.73 Å². The molecule has 1 heterocycles. The van der Waals surface area contributed by atoms with E-state index in [2.05, 4.69) is 24.8 Å². The number of hydrogen-bond donors (Lipinski definition) is 1. The molecule has 0 unspecified atom stereocenters. The summed E-state index contributed by atoms with van der Waals surface area (Å²) in [7, 11) is 0. The second-order valence-electron chi connectivity index (χ2n) is 3.84. The van der Waals surface area contributed by atoms with Crippen molar-refractivity contribution in [2.75, 3.05) is 13.1 Å². The molecule has 3 heteroatoms. The first-order valence-electron chi connectivity index (χ1n) is 4.80. The molecule has 0 radical (unpaired) electrons. The molecule has 0 fully saturated rings. The van der Waals surface area contributed by atoms with E-state index >= 15 is 0 Å². The average Bonchev–Trinajstić information content (AvgIpc) is 2.04. The van der Waals surface area contributed by atoms with Crippen LogP contribution in [0, 0.1) is 0 Å². The summed E-state index contributed by atoms with van der Waals surface area (Å²) in [6, 6.07) is 0.589. The van der Waals surface area contributed by atoms with E-state index in [1.54, 1.807) is 0 Å². The standard InChI is InChI=1S/C10H18N2O/c1-8(2)12-5-3-9(4-6-12)7-10(11)13/h3,8H,4-7H2,1-2H3,(H2,11,13). The average molecular weight is 182 g/mol. The van der Waals surface area contributed by atoms with E-state index in [0.717, 1.165) is 19.5 Å². The van der Waals surface area contributed by atoms with Gasteiger partial charge in [0.1, 0.15) is 0 Å². The van der Waals surface area contributed by atoms with E-state index in [9.17, 15) is 4.79 Å². The van der Waals surface area contributed by atoms with Crippen molar-refractivity contribution >= 4 is 5.91 Å². The Kier molecular flexibility index (Phi) is 3.48. The van der Waals surface area contributed by atoms with Gasteiger partial charge in [0.05, 0.1) is 0 Å². The highest BCUT2D eigenvalue weighted by Gasteiger charge is 2.14. The summed E-state index contributed by atoms with van der Waals surface area (Å²) in [4.78, 5) is 13.0. The van der Waals surface area contributed by atoms with Crippen LogP contribution in [0.3, 0.4) is 0 Å². The topological polar surface area (TPSA) is 46.3 Å². The number of nitrogens with two attached hydrogens (primary N) is 1. The summed E-state index contributed by atoms with van der Waals surface area (Å²) < 4.78 is 0. The molecule has 1 aliphatic rings. The molecule has 0 bridgehead atoms. The van der Waals surface area contributed by atoms with Gasteiger partial charge in [0.25, 0.3) is 0 Å². The fourth-order valence-electron chi connectivity index (χ4n) is 1.58.